The highest BCUT2D eigenvalue weighted by Crippen LogP contribution is 2.49. The van der Waals surface area contributed by atoms with Crippen LogP contribution in [0.15, 0.2) is 6.20 Å². The summed E-state index contributed by atoms with van der Waals surface area (Å²) in [5.41, 5.74) is 0.842. The van der Waals surface area contributed by atoms with E-state index in [1.807, 2.05) is 6.92 Å². The van der Waals surface area contributed by atoms with E-state index in [2.05, 4.69) is 22.6 Å². The maximum absolute atomic E-state index is 12.0. The van der Waals surface area contributed by atoms with Crippen molar-refractivity contribution in [3.8, 4) is 0 Å². The molecule has 0 aliphatic heterocycles. The zero-order valence-corrected chi connectivity index (χ0v) is 11.7. The molecular weight excluding hydrogens is 240 g/mol. The summed E-state index contributed by atoms with van der Waals surface area (Å²) in [5.74, 6) is 2.49. The zero-order valence-electron chi connectivity index (χ0n) is 11.7. The third-order valence-electron chi connectivity index (χ3n) is 4.78. The van der Waals surface area contributed by atoms with Gasteiger partial charge in [0, 0.05) is 12.2 Å². The average Bonchev–Trinajstić information content (AvgIpc) is 3.05. The van der Waals surface area contributed by atoms with Crippen LogP contribution in [0, 0.1) is 24.7 Å². The Kier molecular flexibility index (Phi) is 3.29. The van der Waals surface area contributed by atoms with Gasteiger partial charge in [-0.25, -0.2) is 4.68 Å². The second-order valence-corrected chi connectivity index (χ2v) is 6.25. The molecular formula is C14H22N4O. The Labute approximate surface area is 113 Å². The summed E-state index contributed by atoms with van der Waals surface area (Å²) in [5, 5.41) is 10.9. The topological polar surface area (TPSA) is 59.8 Å². The molecule has 2 fully saturated rings. The van der Waals surface area contributed by atoms with Gasteiger partial charge in [0.1, 0.15) is 6.54 Å². The molecule has 0 saturated heterocycles. The van der Waals surface area contributed by atoms with Gasteiger partial charge in [-0.2, -0.15) is 0 Å². The molecule has 2 aliphatic carbocycles. The van der Waals surface area contributed by atoms with Gasteiger partial charge < -0.3 is 5.32 Å². The van der Waals surface area contributed by atoms with Crippen molar-refractivity contribution in [2.24, 2.45) is 17.8 Å². The lowest BCUT2D eigenvalue weighted by Crippen LogP contribution is -2.41. The van der Waals surface area contributed by atoms with Gasteiger partial charge >= 0.3 is 0 Å². The Morgan fingerprint density at radius 3 is 2.95 bits per heavy atom. The van der Waals surface area contributed by atoms with E-state index < -0.39 is 0 Å². The van der Waals surface area contributed by atoms with Gasteiger partial charge in [-0.15, -0.1) is 5.10 Å². The second kappa shape index (κ2) is 4.94. The van der Waals surface area contributed by atoms with E-state index in [-0.39, 0.29) is 18.5 Å². The second-order valence-electron chi connectivity index (χ2n) is 6.25. The number of rotatable bonds is 4. The number of hydrogen-bond acceptors (Lipinski definition) is 3. The predicted octanol–water partition coefficient (Wildman–Crippen LogP) is 1.53. The highest BCUT2D eigenvalue weighted by molar-refractivity contribution is 5.75. The van der Waals surface area contributed by atoms with Crippen LogP contribution >= 0.6 is 0 Å². The first-order valence-corrected chi connectivity index (χ1v) is 7.28. The number of carbonyl (C=O) groups is 1. The molecule has 5 nitrogen and oxygen atoms in total. The molecule has 5 heteroatoms. The fraction of sp³-hybridized carbons (Fsp3) is 0.786. The van der Waals surface area contributed by atoms with Gasteiger partial charge in [0.2, 0.25) is 5.91 Å². The molecule has 104 valence electrons. The largest absolute Gasteiger partial charge is 0.352 e. The van der Waals surface area contributed by atoms with Crippen molar-refractivity contribution < 1.29 is 4.79 Å². The Morgan fingerprint density at radius 2 is 2.37 bits per heavy atom. The summed E-state index contributed by atoms with van der Waals surface area (Å²) in [6.07, 6.45) is 7.24. The lowest BCUT2D eigenvalue weighted by atomic mass is 9.84. The molecule has 4 atom stereocenters. The molecule has 3 rings (SSSR count). The zero-order chi connectivity index (χ0) is 13.4. The fourth-order valence-electron chi connectivity index (χ4n) is 3.93. The first kappa shape index (κ1) is 12.6. The summed E-state index contributed by atoms with van der Waals surface area (Å²) >= 11 is 0. The minimum atomic E-state index is 0.0418. The van der Waals surface area contributed by atoms with E-state index in [1.54, 1.807) is 10.9 Å². The van der Waals surface area contributed by atoms with Crippen LogP contribution < -0.4 is 5.32 Å². The van der Waals surface area contributed by atoms with E-state index in [0.29, 0.717) is 5.92 Å². The molecule has 0 spiro atoms. The molecule has 0 aromatic carbocycles. The van der Waals surface area contributed by atoms with Crippen molar-refractivity contribution in [3.05, 3.63) is 11.9 Å². The molecule has 1 aromatic rings. The van der Waals surface area contributed by atoms with E-state index in [9.17, 15) is 4.79 Å². The molecule has 2 saturated carbocycles. The van der Waals surface area contributed by atoms with Crippen LogP contribution in [0.25, 0.3) is 0 Å². The number of hydrogen-bond donors (Lipinski definition) is 1. The smallest absolute Gasteiger partial charge is 0.242 e. The van der Waals surface area contributed by atoms with Crippen LogP contribution in [0.4, 0.5) is 0 Å². The predicted molar refractivity (Wildman–Crippen MR) is 71.3 cm³/mol. The first-order valence-electron chi connectivity index (χ1n) is 7.28. The van der Waals surface area contributed by atoms with E-state index in [0.717, 1.165) is 17.5 Å². The summed E-state index contributed by atoms with van der Waals surface area (Å²) in [6.45, 7) is 4.29. The third-order valence-corrected chi connectivity index (χ3v) is 4.78. The van der Waals surface area contributed by atoms with Crippen molar-refractivity contribution in [1.82, 2.24) is 20.3 Å². The number of nitrogens with one attached hydrogen (secondary N) is 1. The van der Waals surface area contributed by atoms with Crippen molar-refractivity contribution in [1.29, 1.82) is 0 Å². The maximum atomic E-state index is 12.0. The van der Waals surface area contributed by atoms with Crippen LogP contribution in [0.2, 0.25) is 0 Å². The van der Waals surface area contributed by atoms with Gasteiger partial charge in [0.25, 0.3) is 0 Å². The minimum Gasteiger partial charge on any atom is -0.352 e. The molecule has 2 bridgehead atoms. The quantitative estimate of drug-likeness (QED) is 0.895. The summed E-state index contributed by atoms with van der Waals surface area (Å²) < 4.78 is 1.60. The fourth-order valence-corrected chi connectivity index (χ4v) is 3.93. The van der Waals surface area contributed by atoms with E-state index >= 15 is 0 Å². The normalized spacial score (nSPS) is 30.5. The minimum absolute atomic E-state index is 0.0418. The number of aryl methyl sites for hydroxylation is 1. The van der Waals surface area contributed by atoms with Crippen molar-refractivity contribution in [2.75, 3.05) is 0 Å². The highest BCUT2D eigenvalue weighted by Gasteiger charge is 2.42. The average molecular weight is 262 g/mol. The molecule has 2 aliphatic rings. The van der Waals surface area contributed by atoms with Gasteiger partial charge in [0.05, 0.1) is 5.69 Å². The SMILES string of the molecule is Cc1cn(CC(=O)N[C@H](C)[C@@H]2C[C@@H]3CC[C@@H]2C3)nn1. The number of aromatic nitrogens is 3. The number of nitrogens with zero attached hydrogens (tertiary/aromatic N) is 3. The molecule has 0 unspecified atom stereocenters. The monoisotopic (exact) mass is 262 g/mol. The van der Waals surface area contributed by atoms with Crippen LogP contribution in [0.5, 0.6) is 0 Å². The van der Waals surface area contributed by atoms with Crippen molar-refractivity contribution >= 4 is 5.91 Å². The summed E-state index contributed by atoms with van der Waals surface area (Å²) in [4.78, 5) is 12.0. The molecule has 0 radical (unpaired) electrons. The first-order chi connectivity index (χ1) is 9.11. The van der Waals surface area contributed by atoms with Crippen molar-refractivity contribution in [3.63, 3.8) is 0 Å². The molecule has 1 amide bonds. The van der Waals surface area contributed by atoms with Crippen LogP contribution in [0.3, 0.4) is 0 Å². The number of amides is 1. The molecule has 1 aromatic heterocycles. The standard InChI is InChI=1S/C14H22N4O/c1-9-7-18(17-16-9)8-14(19)15-10(2)13-6-11-3-4-12(13)5-11/h7,10-13H,3-6,8H2,1-2H3,(H,15,19)/t10-,11-,12-,13+/m1/s1. The Hall–Kier alpha value is -1.39. The maximum Gasteiger partial charge on any atom is 0.242 e. The Bertz CT molecular complexity index is 470. The van der Waals surface area contributed by atoms with Crippen LogP contribution in [-0.2, 0) is 11.3 Å². The molecule has 19 heavy (non-hydrogen) atoms. The van der Waals surface area contributed by atoms with Crippen molar-refractivity contribution in [2.45, 2.75) is 52.1 Å². The summed E-state index contributed by atoms with van der Waals surface area (Å²) in [6, 6.07) is 0.285. The van der Waals surface area contributed by atoms with Gasteiger partial charge in [-0.1, -0.05) is 11.6 Å². The van der Waals surface area contributed by atoms with Crippen LogP contribution in [0.1, 0.15) is 38.3 Å². The van der Waals surface area contributed by atoms with E-state index in [1.165, 1.54) is 25.7 Å². The van der Waals surface area contributed by atoms with Gasteiger partial charge in [0.15, 0.2) is 0 Å². The summed E-state index contributed by atoms with van der Waals surface area (Å²) in [7, 11) is 0. The van der Waals surface area contributed by atoms with E-state index in [4.69, 9.17) is 0 Å². The van der Waals surface area contributed by atoms with Gasteiger partial charge in [-0.05, 0) is 50.9 Å². The van der Waals surface area contributed by atoms with Gasteiger partial charge in [-0.3, -0.25) is 4.79 Å². The lowest BCUT2D eigenvalue weighted by Gasteiger charge is -2.28. The molecule has 1 N–H and O–H groups in total. The van der Waals surface area contributed by atoms with Crippen LogP contribution in [-0.4, -0.2) is 26.9 Å². The molecule has 1 heterocycles. The third kappa shape index (κ3) is 2.65. The number of carbonyl (C=O) groups excluding carboxylic acids is 1. The Morgan fingerprint density at radius 1 is 1.53 bits per heavy atom. The number of fused-ring (bicyclic) bond motifs is 2. The lowest BCUT2D eigenvalue weighted by molar-refractivity contribution is -0.123. The Balaban J connectivity index is 1.52. The highest BCUT2D eigenvalue weighted by atomic mass is 16.2.